The van der Waals surface area contributed by atoms with Gasteiger partial charge in [-0.2, -0.15) is 0 Å². The van der Waals surface area contributed by atoms with Crippen molar-refractivity contribution < 1.29 is 9.21 Å². The van der Waals surface area contributed by atoms with Gasteiger partial charge in [-0.3, -0.25) is 9.20 Å². The Morgan fingerprint density at radius 3 is 2.61 bits per heavy atom. The van der Waals surface area contributed by atoms with Crippen LogP contribution in [0.1, 0.15) is 60.8 Å². The molecule has 1 atom stereocenters. The Labute approximate surface area is 132 Å². The van der Waals surface area contributed by atoms with Crippen LogP contribution in [0, 0.1) is 6.92 Å². The molecule has 3 aromatic rings. The van der Waals surface area contributed by atoms with Crippen molar-refractivity contribution in [2.45, 2.75) is 39.7 Å². The topological polar surface area (TPSA) is 111 Å². The van der Waals surface area contributed by atoms with Gasteiger partial charge >= 0.3 is 0 Å². The molecule has 0 saturated carbocycles. The van der Waals surface area contributed by atoms with Crippen molar-refractivity contribution in [3.8, 4) is 0 Å². The van der Waals surface area contributed by atoms with Crippen LogP contribution in [0.4, 0.5) is 0 Å². The summed E-state index contributed by atoms with van der Waals surface area (Å²) in [7, 11) is 0. The van der Waals surface area contributed by atoms with Crippen molar-refractivity contribution in [1.82, 2.24) is 35.1 Å². The van der Waals surface area contributed by atoms with Crippen LogP contribution in [0.2, 0.25) is 0 Å². The third kappa shape index (κ3) is 2.89. The van der Waals surface area contributed by atoms with Gasteiger partial charge in [0.1, 0.15) is 6.04 Å². The van der Waals surface area contributed by atoms with Gasteiger partial charge in [0.15, 0.2) is 0 Å². The van der Waals surface area contributed by atoms with Crippen LogP contribution in [0.3, 0.4) is 0 Å². The summed E-state index contributed by atoms with van der Waals surface area (Å²) in [6.07, 6.45) is 1.71. The zero-order valence-corrected chi connectivity index (χ0v) is 13.3. The number of fused-ring (bicyclic) bond motifs is 1. The Kier molecular flexibility index (Phi) is 3.77. The van der Waals surface area contributed by atoms with E-state index < -0.39 is 6.04 Å². The fourth-order valence-electron chi connectivity index (χ4n) is 2.01. The molecule has 0 unspecified atom stereocenters. The molecule has 0 aliphatic heterocycles. The summed E-state index contributed by atoms with van der Waals surface area (Å²) >= 11 is 0. The average Bonchev–Trinajstić information content (AvgIpc) is 3.13. The second kappa shape index (κ2) is 5.75. The highest BCUT2D eigenvalue weighted by Gasteiger charge is 2.21. The Bertz CT molecular complexity index is 852. The van der Waals surface area contributed by atoms with Crippen molar-refractivity contribution in [3.63, 3.8) is 0 Å². The van der Waals surface area contributed by atoms with E-state index in [-0.39, 0.29) is 17.6 Å². The van der Waals surface area contributed by atoms with E-state index in [1.807, 2.05) is 20.8 Å². The van der Waals surface area contributed by atoms with Crippen molar-refractivity contribution in [1.29, 1.82) is 0 Å². The first-order valence-corrected chi connectivity index (χ1v) is 7.28. The van der Waals surface area contributed by atoms with Gasteiger partial charge in [0.25, 0.3) is 11.7 Å². The minimum Gasteiger partial charge on any atom is -0.423 e. The number of nitrogens with zero attached hydrogens (tertiary/aromatic N) is 6. The minimum absolute atomic E-state index is 0.133. The number of rotatable bonds is 4. The molecule has 23 heavy (non-hydrogen) atoms. The maximum absolute atomic E-state index is 12.4. The number of amides is 1. The number of aryl methyl sites for hydroxylation is 1. The molecule has 3 aromatic heterocycles. The lowest BCUT2D eigenvalue weighted by Crippen LogP contribution is -2.28. The number of carbonyl (C=O) groups excluding carboxylic acids is 1. The molecule has 0 aromatic carbocycles. The summed E-state index contributed by atoms with van der Waals surface area (Å²) in [5.41, 5.74) is 0.803. The van der Waals surface area contributed by atoms with Crippen LogP contribution in [0.25, 0.3) is 5.78 Å². The van der Waals surface area contributed by atoms with Crippen LogP contribution in [-0.4, -0.2) is 35.7 Å². The zero-order valence-electron chi connectivity index (χ0n) is 13.3. The summed E-state index contributed by atoms with van der Waals surface area (Å²) in [6.45, 7) is 7.52. The molecule has 0 aliphatic rings. The van der Waals surface area contributed by atoms with Gasteiger partial charge in [-0.05, 0) is 19.9 Å². The highest BCUT2D eigenvalue weighted by Crippen LogP contribution is 2.17. The highest BCUT2D eigenvalue weighted by atomic mass is 16.4. The smallest absolute Gasteiger partial charge is 0.290 e. The quantitative estimate of drug-likeness (QED) is 0.775. The first-order valence-electron chi connectivity index (χ1n) is 7.28. The Balaban J connectivity index is 1.79. The lowest BCUT2D eigenvalue weighted by atomic mass is 10.2. The van der Waals surface area contributed by atoms with E-state index >= 15 is 0 Å². The number of carbonyl (C=O) groups is 1. The van der Waals surface area contributed by atoms with Crippen LogP contribution in [-0.2, 0) is 0 Å². The summed E-state index contributed by atoms with van der Waals surface area (Å²) < 4.78 is 7.07. The first kappa shape index (κ1) is 15.1. The van der Waals surface area contributed by atoms with Crippen LogP contribution < -0.4 is 5.32 Å². The SMILES string of the molecule is Cc1ccn2c(C(=O)N[C@H](C)c3nnc(C(C)C)o3)nnc2n1. The predicted octanol–water partition coefficient (Wildman–Crippen LogP) is 1.43. The second-order valence-corrected chi connectivity index (χ2v) is 5.59. The molecule has 120 valence electrons. The summed E-state index contributed by atoms with van der Waals surface area (Å²) in [6, 6.07) is 1.34. The Hall–Kier alpha value is -2.84. The van der Waals surface area contributed by atoms with Crippen molar-refractivity contribution in [2.75, 3.05) is 0 Å². The normalized spacial score (nSPS) is 12.7. The predicted molar refractivity (Wildman–Crippen MR) is 79.8 cm³/mol. The first-order chi connectivity index (χ1) is 11.0. The van der Waals surface area contributed by atoms with E-state index in [1.54, 1.807) is 19.2 Å². The standard InChI is InChI=1S/C14H17N7O2/c1-7(2)12-18-19-13(23-12)9(4)16-11(22)10-17-20-14-15-8(3)5-6-21(10)14/h5-7,9H,1-4H3,(H,16,22)/t9-/m1/s1. The second-order valence-electron chi connectivity index (χ2n) is 5.59. The molecule has 0 bridgehead atoms. The summed E-state index contributed by atoms with van der Waals surface area (Å²) in [4.78, 5) is 16.6. The number of nitrogens with one attached hydrogen (secondary N) is 1. The minimum atomic E-state index is -0.437. The van der Waals surface area contributed by atoms with E-state index in [2.05, 4.69) is 30.7 Å². The van der Waals surface area contributed by atoms with E-state index in [9.17, 15) is 4.79 Å². The van der Waals surface area contributed by atoms with Crippen LogP contribution >= 0.6 is 0 Å². The molecule has 0 radical (unpaired) electrons. The van der Waals surface area contributed by atoms with Crippen molar-refractivity contribution in [3.05, 3.63) is 35.6 Å². The van der Waals surface area contributed by atoms with Gasteiger partial charge in [-0.25, -0.2) is 4.98 Å². The van der Waals surface area contributed by atoms with Gasteiger partial charge in [0, 0.05) is 17.8 Å². The maximum atomic E-state index is 12.4. The molecule has 1 amide bonds. The lowest BCUT2D eigenvalue weighted by molar-refractivity contribution is 0.0922. The zero-order chi connectivity index (χ0) is 16.6. The largest absolute Gasteiger partial charge is 0.423 e. The van der Waals surface area contributed by atoms with Gasteiger partial charge in [0.05, 0.1) is 0 Å². The van der Waals surface area contributed by atoms with Crippen LogP contribution in [0.15, 0.2) is 16.7 Å². The number of hydrogen-bond donors (Lipinski definition) is 1. The van der Waals surface area contributed by atoms with Gasteiger partial charge in [-0.1, -0.05) is 13.8 Å². The molecular weight excluding hydrogens is 298 g/mol. The molecule has 0 fully saturated rings. The van der Waals surface area contributed by atoms with Gasteiger partial charge in [0.2, 0.25) is 17.6 Å². The lowest BCUT2D eigenvalue weighted by Gasteiger charge is -2.08. The molecule has 9 heteroatoms. The molecule has 0 aliphatic carbocycles. The molecule has 9 nitrogen and oxygen atoms in total. The van der Waals surface area contributed by atoms with E-state index in [0.29, 0.717) is 17.6 Å². The highest BCUT2D eigenvalue weighted by molar-refractivity contribution is 5.91. The van der Waals surface area contributed by atoms with E-state index in [0.717, 1.165) is 5.69 Å². The van der Waals surface area contributed by atoms with Crippen LogP contribution in [0.5, 0.6) is 0 Å². The summed E-state index contributed by atoms with van der Waals surface area (Å²) in [5, 5.41) is 18.5. The van der Waals surface area contributed by atoms with E-state index in [1.165, 1.54) is 4.40 Å². The monoisotopic (exact) mass is 315 g/mol. The number of hydrogen-bond acceptors (Lipinski definition) is 7. The molecule has 1 N–H and O–H groups in total. The molecule has 3 rings (SSSR count). The summed E-state index contributed by atoms with van der Waals surface area (Å²) in [5.74, 6) is 1.16. The molecule has 3 heterocycles. The Morgan fingerprint density at radius 2 is 1.91 bits per heavy atom. The molecule has 0 spiro atoms. The number of aromatic nitrogens is 6. The van der Waals surface area contributed by atoms with Crippen molar-refractivity contribution >= 4 is 11.7 Å². The van der Waals surface area contributed by atoms with E-state index in [4.69, 9.17) is 4.42 Å². The average molecular weight is 315 g/mol. The van der Waals surface area contributed by atoms with Crippen molar-refractivity contribution in [2.24, 2.45) is 0 Å². The fraction of sp³-hybridized carbons (Fsp3) is 0.429. The Morgan fingerprint density at radius 1 is 1.17 bits per heavy atom. The fourth-order valence-corrected chi connectivity index (χ4v) is 2.01. The van der Waals surface area contributed by atoms with Gasteiger partial charge in [-0.15, -0.1) is 20.4 Å². The third-order valence-corrected chi connectivity index (χ3v) is 3.29. The third-order valence-electron chi connectivity index (χ3n) is 3.29. The van der Waals surface area contributed by atoms with Gasteiger partial charge < -0.3 is 9.73 Å². The maximum Gasteiger partial charge on any atom is 0.290 e. The molecular formula is C14H17N7O2. The molecule has 0 saturated heterocycles.